The average molecular weight is 276 g/mol. The first-order valence-electron chi connectivity index (χ1n) is 5.43. The van der Waals surface area contributed by atoms with Crippen LogP contribution in [0.2, 0.25) is 0 Å². The fraction of sp³-hybridized carbons (Fsp3) is 0.500. The second kappa shape index (κ2) is 5.38. The van der Waals surface area contributed by atoms with E-state index in [2.05, 4.69) is 0 Å². The van der Waals surface area contributed by atoms with Crippen molar-refractivity contribution in [3.05, 3.63) is 29.8 Å². The summed E-state index contributed by atoms with van der Waals surface area (Å²) in [5.74, 6) is 0.202. The van der Waals surface area contributed by atoms with E-state index >= 15 is 0 Å². The quantitative estimate of drug-likeness (QED) is 0.793. The first kappa shape index (κ1) is 14.5. The summed E-state index contributed by atoms with van der Waals surface area (Å²) in [5, 5.41) is 0.0197. The molecular formula is C12H18ClNO2S. The second-order valence-electron chi connectivity index (χ2n) is 4.32. The van der Waals surface area contributed by atoms with Crippen molar-refractivity contribution in [2.45, 2.75) is 30.0 Å². The van der Waals surface area contributed by atoms with Crippen LogP contribution in [-0.4, -0.2) is 32.2 Å². The Labute approximate surface area is 108 Å². The number of hydrogen-bond acceptors (Lipinski definition) is 2. The zero-order chi connectivity index (χ0) is 13.2. The van der Waals surface area contributed by atoms with Gasteiger partial charge in [-0.3, -0.25) is 0 Å². The van der Waals surface area contributed by atoms with Crippen molar-refractivity contribution >= 4 is 21.6 Å². The van der Waals surface area contributed by atoms with Crippen molar-refractivity contribution in [1.29, 1.82) is 0 Å². The van der Waals surface area contributed by atoms with Crippen LogP contribution in [0, 0.1) is 0 Å². The van der Waals surface area contributed by atoms with Crippen molar-refractivity contribution < 1.29 is 8.42 Å². The normalized spacial score (nSPS) is 15.9. The summed E-state index contributed by atoms with van der Waals surface area (Å²) < 4.78 is 24.9. The first-order valence-corrected chi connectivity index (χ1v) is 7.31. The minimum Gasteiger partial charge on any atom is -0.207 e. The zero-order valence-electron chi connectivity index (χ0n) is 10.5. The van der Waals surface area contributed by atoms with E-state index in [0.717, 1.165) is 5.56 Å². The molecule has 1 aromatic carbocycles. The van der Waals surface area contributed by atoms with Gasteiger partial charge in [-0.15, -0.1) is 11.6 Å². The van der Waals surface area contributed by atoms with Crippen molar-refractivity contribution in [2.75, 3.05) is 14.1 Å². The van der Waals surface area contributed by atoms with Gasteiger partial charge in [0.05, 0.1) is 4.90 Å². The average Bonchev–Trinajstić information content (AvgIpc) is 2.27. The van der Waals surface area contributed by atoms with Crippen molar-refractivity contribution in [1.82, 2.24) is 4.31 Å². The summed E-state index contributed by atoms with van der Waals surface area (Å²) >= 11 is 6.02. The summed E-state index contributed by atoms with van der Waals surface area (Å²) in [6.07, 6.45) is 0. The molecule has 0 aliphatic rings. The standard InChI is InChI=1S/C12H18ClNO2S/c1-9(10(2)13)11-5-7-12(8-6-11)17(15,16)14(3)4/h5-10H,1-4H3. The molecule has 0 radical (unpaired) electrons. The monoisotopic (exact) mass is 275 g/mol. The molecule has 2 unspecified atom stereocenters. The highest BCUT2D eigenvalue weighted by Crippen LogP contribution is 2.24. The van der Waals surface area contributed by atoms with E-state index in [4.69, 9.17) is 11.6 Å². The van der Waals surface area contributed by atoms with Crippen LogP contribution in [0.15, 0.2) is 29.2 Å². The molecule has 1 aromatic rings. The number of alkyl halides is 1. The van der Waals surface area contributed by atoms with E-state index in [-0.39, 0.29) is 11.3 Å². The number of nitrogens with zero attached hydrogens (tertiary/aromatic N) is 1. The second-order valence-corrected chi connectivity index (χ2v) is 7.16. The molecule has 0 N–H and O–H groups in total. The summed E-state index contributed by atoms with van der Waals surface area (Å²) in [4.78, 5) is 0.306. The lowest BCUT2D eigenvalue weighted by Gasteiger charge is -2.16. The number of halogens is 1. The summed E-state index contributed by atoms with van der Waals surface area (Å²) in [6.45, 7) is 3.95. The van der Waals surface area contributed by atoms with Gasteiger partial charge in [0.2, 0.25) is 10.0 Å². The predicted octanol–water partition coefficient (Wildman–Crippen LogP) is 2.67. The van der Waals surface area contributed by atoms with Crippen LogP contribution in [0.1, 0.15) is 25.3 Å². The van der Waals surface area contributed by atoms with Crippen LogP contribution < -0.4 is 0 Å². The van der Waals surface area contributed by atoms with Gasteiger partial charge in [0, 0.05) is 19.5 Å². The molecule has 3 nitrogen and oxygen atoms in total. The topological polar surface area (TPSA) is 37.4 Å². The maximum absolute atomic E-state index is 11.8. The molecule has 0 saturated heterocycles. The van der Waals surface area contributed by atoms with Gasteiger partial charge in [-0.2, -0.15) is 0 Å². The lowest BCUT2D eigenvalue weighted by atomic mass is 9.99. The third kappa shape index (κ3) is 3.21. The zero-order valence-corrected chi connectivity index (χ0v) is 12.1. The van der Waals surface area contributed by atoms with E-state index in [1.165, 1.54) is 18.4 Å². The smallest absolute Gasteiger partial charge is 0.207 e. The number of rotatable bonds is 4. The highest BCUT2D eigenvalue weighted by molar-refractivity contribution is 7.89. The summed E-state index contributed by atoms with van der Waals surface area (Å²) in [5.41, 5.74) is 1.05. The van der Waals surface area contributed by atoms with Crippen LogP contribution >= 0.6 is 11.6 Å². The van der Waals surface area contributed by atoms with E-state index in [9.17, 15) is 8.42 Å². The third-order valence-electron chi connectivity index (χ3n) is 2.87. The van der Waals surface area contributed by atoms with Crippen LogP contribution in [0.25, 0.3) is 0 Å². The Balaban J connectivity index is 3.05. The van der Waals surface area contributed by atoms with E-state index in [1.807, 2.05) is 26.0 Å². The predicted molar refractivity (Wildman–Crippen MR) is 71.0 cm³/mol. The molecular weight excluding hydrogens is 258 g/mol. The fourth-order valence-electron chi connectivity index (χ4n) is 1.42. The first-order chi connectivity index (χ1) is 7.76. The van der Waals surface area contributed by atoms with Crippen LogP contribution in [0.5, 0.6) is 0 Å². The molecule has 0 saturated carbocycles. The maximum atomic E-state index is 11.8. The van der Waals surface area contributed by atoms with Gasteiger partial charge >= 0.3 is 0 Å². The Morgan fingerprint density at radius 2 is 1.59 bits per heavy atom. The Hall–Kier alpha value is -0.580. The van der Waals surface area contributed by atoms with Crippen molar-refractivity contribution in [3.8, 4) is 0 Å². The van der Waals surface area contributed by atoms with Gasteiger partial charge in [0.1, 0.15) is 0 Å². The van der Waals surface area contributed by atoms with Gasteiger partial charge in [0.15, 0.2) is 0 Å². The highest BCUT2D eigenvalue weighted by Gasteiger charge is 2.18. The molecule has 0 fully saturated rings. The van der Waals surface area contributed by atoms with Gasteiger partial charge in [0.25, 0.3) is 0 Å². The molecule has 0 aliphatic heterocycles. The lowest BCUT2D eigenvalue weighted by molar-refractivity contribution is 0.520. The minimum absolute atomic E-state index is 0.0197. The molecule has 96 valence electrons. The molecule has 1 rings (SSSR count). The van der Waals surface area contributed by atoms with Gasteiger partial charge in [-0.05, 0) is 30.5 Å². The SMILES string of the molecule is CC(Cl)C(C)c1ccc(S(=O)(=O)N(C)C)cc1. The van der Waals surface area contributed by atoms with E-state index in [0.29, 0.717) is 4.90 Å². The molecule has 0 amide bonds. The number of hydrogen-bond donors (Lipinski definition) is 0. The van der Waals surface area contributed by atoms with Crippen molar-refractivity contribution in [2.24, 2.45) is 0 Å². The van der Waals surface area contributed by atoms with E-state index < -0.39 is 10.0 Å². The Bertz CT molecular complexity index is 466. The molecule has 0 bridgehead atoms. The number of benzene rings is 1. The molecule has 2 atom stereocenters. The lowest BCUT2D eigenvalue weighted by Crippen LogP contribution is -2.22. The Kier molecular flexibility index (Phi) is 4.58. The summed E-state index contributed by atoms with van der Waals surface area (Å²) in [6, 6.07) is 6.89. The number of sulfonamides is 1. The van der Waals surface area contributed by atoms with Gasteiger partial charge in [-0.1, -0.05) is 19.1 Å². The Morgan fingerprint density at radius 1 is 1.12 bits per heavy atom. The summed E-state index contributed by atoms with van der Waals surface area (Å²) in [7, 11) is -0.298. The van der Waals surface area contributed by atoms with Crippen LogP contribution in [0.4, 0.5) is 0 Å². The molecule has 5 heteroatoms. The van der Waals surface area contributed by atoms with Crippen LogP contribution in [0.3, 0.4) is 0 Å². The maximum Gasteiger partial charge on any atom is 0.242 e. The molecule has 0 spiro atoms. The largest absolute Gasteiger partial charge is 0.242 e. The van der Waals surface area contributed by atoms with Crippen molar-refractivity contribution in [3.63, 3.8) is 0 Å². The fourth-order valence-corrected chi connectivity index (χ4v) is 2.47. The van der Waals surface area contributed by atoms with Crippen LogP contribution in [-0.2, 0) is 10.0 Å². The Morgan fingerprint density at radius 3 is 1.94 bits per heavy atom. The minimum atomic E-state index is -3.34. The van der Waals surface area contributed by atoms with Gasteiger partial charge in [-0.25, -0.2) is 12.7 Å². The third-order valence-corrected chi connectivity index (χ3v) is 5.08. The molecule has 0 aromatic heterocycles. The molecule has 0 heterocycles. The molecule has 0 aliphatic carbocycles. The molecule has 17 heavy (non-hydrogen) atoms. The highest BCUT2D eigenvalue weighted by atomic mass is 35.5. The van der Waals surface area contributed by atoms with E-state index in [1.54, 1.807) is 12.1 Å². The van der Waals surface area contributed by atoms with Gasteiger partial charge < -0.3 is 0 Å².